The quantitative estimate of drug-likeness (QED) is 0.747. The smallest absolute Gasteiger partial charge is 0.273 e. The number of nitrogens with zero attached hydrogens (tertiary/aromatic N) is 2. The number of rotatable bonds is 2. The summed E-state index contributed by atoms with van der Waals surface area (Å²) >= 11 is 0. The zero-order chi connectivity index (χ0) is 13.2. The Morgan fingerprint density at radius 2 is 2.32 bits per heavy atom. The maximum absolute atomic E-state index is 11.7. The van der Waals surface area contributed by atoms with Crippen LogP contribution < -0.4 is 16.6 Å². The van der Waals surface area contributed by atoms with Crippen molar-refractivity contribution < 1.29 is 0 Å². The first-order valence-corrected chi connectivity index (χ1v) is 6.59. The van der Waals surface area contributed by atoms with E-state index in [1.807, 2.05) is 0 Å². The van der Waals surface area contributed by atoms with Crippen LogP contribution in [-0.2, 0) is 0 Å². The first kappa shape index (κ1) is 12.1. The third-order valence-electron chi connectivity index (χ3n) is 3.60. The summed E-state index contributed by atoms with van der Waals surface area (Å²) in [5.74, 6) is 0.634. The van der Waals surface area contributed by atoms with Crippen LogP contribution in [0, 0.1) is 0 Å². The van der Waals surface area contributed by atoms with E-state index in [2.05, 4.69) is 20.5 Å². The number of nitrogens with one attached hydrogen (secondary N) is 2. The van der Waals surface area contributed by atoms with Crippen molar-refractivity contribution in [3.8, 4) is 0 Å². The minimum Gasteiger partial charge on any atom is -0.364 e. The van der Waals surface area contributed by atoms with Crippen molar-refractivity contribution in [1.29, 1.82) is 0 Å². The largest absolute Gasteiger partial charge is 0.364 e. The molecule has 0 radical (unpaired) electrons. The van der Waals surface area contributed by atoms with Crippen LogP contribution in [0.3, 0.4) is 0 Å². The Morgan fingerprint density at radius 3 is 3.16 bits per heavy atom. The number of hydrogen-bond acceptors (Lipinski definition) is 5. The normalized spacial score (nSPS) is 23.4. The molecule has 6 nitrogen and oxygen atoms in total. The first-order valence-electron chi connectivity index (χ1n) is 6.59. The predicted octanol–water partition coefficient (Wildman–Crippen LogP) is 1.000. The maximum atomic E-state index is 11.7. The molecule has 1 aliphatic carbocycles. The Balaban J connectivity index is 1.93. The maximum Gasteiger partial charge on any atom is 0.273 e. The highest BCUT2D eigenvalue weighted by molar-refractivity contribution is 5.86. The lowest BCUT2D eigenvalue weighted by Crippen LogP contribution is -2.35. The molecule has 0 spiro atoms. The zero-order valence-corrected chi connectivity index (χ0v) is 10.6. The topological polar surface area (TPSA) is 96.7 Å². The highest BCUT2D eigenvalue weighted by Crippen LogP contribution is 2.22. The fraction of sp³-hybridized carbons (Fsp3) is 0.462. The van der Waals surface area contributed by atoms with Gasteiger partial charge in [-0.15, -0.1) is 0 Å². The van der Waals surface area contributed by atoms with E-state index in [4.69, 9.17) is 5.73 Å². The fourth-order valence-corrected chi connectivity index (χ4v) is 2.65. The van der Waals surface area contributed by atoms with Gasteiger partial charge in [0.05, 0.1) is 5.39 Å². The van der Waals surface area contributed by atoms with Crippen LogP contribution in [0.5, 0.6) is 0 Å². The van der Waals surface area contributed by atoms with Gasteiger partial charge in [-0.2, -0.15) is 5.10 Å². The number of anilines is 1. The number of pyridine rings is 1. The number of aromatic amines is 1. The molecule has 2 heterocycles. The van der Waals surface area contributed by atoms with Gasteiger partial charge in [-0.25, -0.2) is 5.10 Å². The molecule has 2 unspecified atom stereocenters. The molecule has 1 aliphatic rings. The lowest BCUT2D eigenvalue weighted by molar-refractivity contribution is 0.409. The molecule has 2 aromatic heterocycles. The molecule has 3 rings (SSSR count). The van der Waals surface area contributed by atoms with E-state index in [1.54, 1.807) is 18.3 Å². The van der Waals surface area contributed by atoms with Gasteiger partial charge in [0.1, 0.15) is 5.52 Å². The molecule has 0 aliphatic heterocycles. The Bertz CT molecular complexity index is 638. The van der Waals surface area contributed by atoms with Crippen LogP contribution in [0.2, 0.25) is 0 Å². The minimum atomic E-state index is -0.214. The number of H-pyrrole nitrogens is 1. The van der Waals surface area contributed by atoms with Crippen LogP contribution in [0.4, 0.5) is 5.82 Å². The van der Waals surface area contributed by atoms with Crippen LogP contribution >= 0.6 is 0 Å². The average molecular weight is 259 g/mol. The highest BCUT2D eigenvalue weighted by atomic mass is 16.1. The number of aromatic nitrogens is 3. The zero-order valence-electron chi connectivity index (χ0n) is 10.6. The fourth-order valence-electron chi connectivity index (χ4n) is 2.65. The molecule has 2 aromatic rings. The second-order valence-corrected chi connectivity index (χ2v) is 5.07. The van der Waals surface area contributed by atoms with E-state index in [0.717, 1.165) is 25.7 Å². The predicted molar refractivity (Wildman–Crippen MR) is 74.0 cm³/mol. The van der Waals surface area contributed by atoms with Crippen molar-refractivity contribution in [3.05, 3.63) is 28.7 Å². The second-order valence-electron chi connectivity index (χ2n) is 5.07. The molecule has 0 saturated heterocycles. The van der Waals surface area contributed by atoms with Gasteiger partial charge >= 0.3 is 0 Å². The van der Waals surface area contributed by atoms with E-state index < -0.39 is 0 Å². The van der Waals surface area contributed by atoms with E-state index in [9.17, 15) is 4.79 Å². The summed E-state index contributed by atoms with van der Waals surface area (Å²) in [7, 11) is 0. The molecule has 1 saturated carbocycles. The van der Waals surface area contributed by atoms with Gasteiger partial charge in [0.2, 0.25) is 0 Å². The van der Waals surface area contributed by atoms with E-state index >= 15 is 0 Å². The monoisotopic (exact) mass is 259 g/mol. The molecule has 19 heavy (non-hydrogen) atoms. The highest BCUT2D eigenvalue weighted by Gasteiger charge is 2.20. The van der Waals surface area contributed by atoms with Crippen molar-refractivity contribution in [2.75, 3.05) is 5.32 Å². The molecule has 0 aromatic carbocycles. The molecule has 4 N–H and O–H groups in total. The average Bonchev–Trinajstić information content (AvgIpc) is 2.42. The summed E-state index contributed by atoms with van der Waals surface area (Å²) in [6.07, 6.45) is 5.86. The first-order chi connectivity index (χ1) is 9.24. The molecule has 0 bridgehead atoms. The van der Waals surface area contributed by atoms with E-state index in [-0.39, 0.29) is 11.6 Å². The summed E-state index contributed by atoms with van der Waals surface area (Å²) < 4.78 is 0. The van der Waals surface area contributed by atoms with E-state index in [0.29, 0.717) is 22.8 Å². The number of nitrogens with two attached hydrogens (primary N) is 1. The van der Waals surface area contributed by atoms with Gasteiger partial charge in [0.15, 0.2) is 5.82 Å². The Kier molecular flexibility index (Phi) is 3.16. The molecular weight excluding hydrogens is 242 g/mol. The van der Waals surface area contributed by atoms with Crippen LogP contribution in [0.1, 0.15) is 25.7 Å². The Hall–Kier alpha value is -1.95. The molecular formula is C13H17N5O. The van der Waals surface area contributed by atoms with Crippen LogP contribution in [0.15, 0.2) is 23.1 Å². The van der Waals surface area contributed by atoms with Gasteiger partial charge in [0.25, 0.3) is 5.56 Å². The third kappa shape index (κ3) is 2.44. The molecule has 1 fully saturated rings. The van der Waals surface area contributed by atoms with Gasteiger partial charge in [-0.3, -0.25) is 9.78 Å². The van der Waals surface area contributed by atoms with E-state index in [1.165, 1.54) is 0 Å². The lowest BCUT2D eigenvalue weighted by atomic mass is 9.91. The molecule has 0 amide bonds. The summed E-state index contributed by atoms with van der Waals surface area (Å²) in [6, 6.07) is 4.04. The summed E-state index contributed by atoms with van der Waals surface area (Å²) in [6.45, 7) is 0. The molecule has 2 atom stereocenters. The second kappa shape index (κ2) is 4.97. The molecule has 100 valence electrons. The number of hydrogen-bond donors (Lipinski definition) is 3. The standard InChI is InChI=1S/C13H17N5O/c14-8-3-1-4-9(7-8)16-12-11-10(5-2-6-15-11)13(19)18-17-12/h2,5-6,8-9H,1,3-4,7,14H2,(H,16,17)(H,18,19). The van der Waals surface area contributed by atoms with Crippen LogP contribution in [-0.4, -0.2) is 27.3 Å². The SMILES string of the molecule is NC1CCCC(Nc2n[nH]c(=O)c3cccnc23)C1. The van der Waals surface area contributed by atoms with Crippen molar-refractivity contribution in [1.82, 2.24) is 15.2 Å². The van der Waals surface area contributed by atoms with Gasteiger partial charge in [-0.1, -0.05) is 0 Å². The summed E-state index contributed by atoms with van der Waals surface area (Å²) in [5.41, 5.74) is 6.38. The van der Waals surface area contributed by atoms with Crippen molar-refractivity contribution in [3.63, 3.8) is 0 Å². The van der Waals surface area contributed by atoms with Crippen LogP contribution in [0.25, 0.3) is 10.9 Å². The Labute approximate surface area is 110 Å². The minimum absolute atomic E-state index is 0.214. The van der Waals surface area contributed by atoms with Crippen molar-refractivity contribution >= 4 is 16.7 Å². The summed E-state index contributed by atoms with van der Waals surface area (Å²) in [4.78, 5) is 15.9. The lowest BCUT2D eigenvalue weighted by Gasteiger charge is -2.27. The number of fused-ring (bicyclic) bond motifs is 1. The van der Waals surface area contributed by atoms with Gasteiger partial charge in [0, 0.05) is 18.3 Å². The summed E-state index contributed by atoms with van der Waals surface area (Å²) in [5, 5.41) is 10.5. The van der Waals surface area contributed by atoms with Crippen molar-refractivity contribution in [2.45, 2.75) is 37.8 Å². The third-order valence-corrected chi connectivity index (χ3v) is 3.60. The molecule has 6 heteroatoms. The van der Waals surface area contributed by atoms with Crippen molar-refractivity contribution in [2.24, 2.45) is 5.73 Å². The Morgan fingerprint density at radius 1 is 1.42 bits per heavy atom. The van der Waals surface area contributed by atoms with Gasteiger partial charge < -0.3 is 11.1 Å². The van der Waals surface area contributed by atoms with Gasteiger partial charge in [-0.05, 0) is 37.8 Å².